The topological polar surface area (TPSA) is 125 Å². The summed E-state index contributed by atoms with van der Waals surface area (Å²) in [5.41, 5.74) is 2.38. The molecule has 0 aliphatic carbocycles. The lowest BCUT2D eigenvalue weighted by Crippen LogP contribution is -2.44. The molecular formula is C25H25N3O5S2. The number of aryl methyl sites for hydroxylation is 1. The van der Waals surface area contributed by atoms with E-state index < -0.39 is 28.0 Å². The van der Waals surface area contributed by atoms with Gasteiger partial charge in [0.1, 0.15) is 6.04 Å². The van der Waals surface area contributed by atoms with Gasteiger partial charge in [-0.25, -0.2) is 13.2 Å². The molecule has 182 valence electrons. The quantitative estimate of drug-likeness (QED) is 0.265. The lowest BCUT2D eigenvalue weighted by molar-refractivity contribution is -0.140. The molecule has 4 rings (SSSR count). The normalized spacial score (nSPS) is 12.7. The summed E-state index contributed by atoms with van der Waals surface area (Å²) in [4.78, 5) is 23.8. The Balaban J connectivity index is 1.58. The minimum absolute atomic E-state index is 0.000666. The molecule has 10 heteroatoms. The van der Waals surface area contributed by atoms with Crippen molar-refractivity contribution in [3.05, 3.63) is 66.2 Å². The first-order valence-corrected chi connectivity index (χ1v) is 13.2. The second-order valence-corrected chi connectivity index (χ2v) is 11.4. The van der Waals surface area contributed by atoms with Crippen molar-refractivity contribution >= 4 is 64.9 Å². The zero-order chi connectivity index (χ0) is 25.3. The molecule has 8 nitrogen and oxygen atoms in total. The van der Waals surface area contributed by atoms with E-state index in [0.29, 0.717) is 11.4 Å². The number of nitrogens with one attached hydrogen (secondary N) is 3. The molecule has 0 bridgehead atoms. The van der Waals surface area contributed by atoms with Gasteiger partial charge in [0.2, 0.25) is 10.0 Å². The van der Waals surface area contributed by atoms with Crippen LogP contribution in [0, 0.1) is 12.8 Å². The van der Waals surface area contributed by atoms with Crippen LogP contribution in [-0.2, 0) is 14.8 Å². The minimum Gasteiger partial charge on any atom is -0.480 e. The fourth-order valence-electron chi connectivity index (χ4n) is 3.64. The molecule has 0 aliphatic rings. The number of hydrogen-bond donors (Lipinski definition) is 4. The van der Waals surface area contributed by atoms with Crippen LogP contribution in [0.5, 0.6) is 0 Å². The standard InChI is InChI=1S/C25H25N3O5S2/c1-14(2)23(24(29)30)28-35(32,33)18-9-11-20-19-10-8-17(12-21(19)34-22(20)13-18)27-25(31)26-16-6-4-15(3)5-7-16/h4-14,23,28H,1-3H3,(H,29,30)(H2,26,27,31)/t23-/m0/s1. The Bertz CT molecular complexity index is 1530. The molecule has 0 saturated heterocycles. The molecule has 0 radical (unpaired) electrons. The Hall–Kier alpha value is -3.47. The second kappa shape index (κ2) is 9.65. The Kier molecular flexibility index (Phi) is 6.79. The van der Waals surface area contributed by atoms with Gasteiger partial charge >= 0.3 is 12.0 Å². The summed E-state index contributed by atoms with van der Waals surface area (Å²) >= 11 is 1.39. The van der Waals surface area contributed by atoms with E-state index in [1.165, 1.54) is 17.4 Å². The van der Waals surface area contributed by atoms with Crippen molar-refractivity contribution in [1.29, 1.82) is 0 Å². The predicted octanol–water partition coefficient (Wildman–Crippen LogP) is 5.39. The number of carboxylic acids is 1. The van der Waals surface area contributed by atoms with E-state index in [4.69, 9.17) is 0 Å². The molecule has 2 amide bonds. The molecule has 0 fully saturated rings. The average molecular weight is 512 g/mol. The molecule has 0 spiro atoms. The van der Waals surface area contributed by atoms with E-state index in [9.17, 15) is 23.1 Å². The van der Waals surface area contributed by atoms with Crippen molar-refractivity contribution in [2.24, 2.45) is 5.92 Å². The largest absolute Gasteiger partial charge is 0.480 e. The van der Waals surface area contributed by atoms with E-state index in [-0.39, 0.29) is 10.9 Å². The van der Waals surface area contributed by atoms with Gasteiger partial charge in [0, 0.05) is 31.5 Å². The van der Waals surface area contributed by atoms with E-state index in [1.807, 2.05) is 43.3 Å². The van der Waals surface area contributed by atoms with Crippen molar-refractivity contribution < 1.29 is 23.1 Å². The van der Waals surface area contributed by atoms with Gasteiger partial charge in [-0.15, -0.1) is 11.3 Å². The van der Waals surface area contributed by atoms with E-state index >= 15 is 0 Å². The zero-order valence-corrected chi connectivity index (χ0v) is 21.0. The van der Waals surface area contributed by atoms with Crippen LogP contribution in [0.2, 0.25) is 0 Å². The number of carbonyl (C=O) groups excluding carboxylic acids is 1. The number of carboxylic acid groups (broad SMARTS) is 1. The number of fused-ring (bicyclic) bond motifs is 3. The molecular weight excluding hydrogens is 486 g/mol. The van der Waals surface area contributed by atoms with Crippen LogP contribution in [-0.4, -0.2) is 31.6 Å². The van der Waals surface area contributed by atoms with Crippen LogP contribution in [0.4, 0.5) is 16.2 Å². The SMILES string of the molecule is Cc1ccc(NC(=O)Nc2ccc3c(c2)sc2cc(S(=O)(=O)N[C@H](C(=O)O)C(C)C)ccc23)cc1. The molecule has 3 aromatic carbocycles. The molecule has 4 aromatic rings. The van der Waals surface area contributed by atoms with Gasteiger partial charge in [0.15, 0.2) is 0 Å². The molecule has 0 aliphatic heterocycles. The van der Waals surface area contributed by atoms with Crippen molar-refractivity contribution in [2.45, 2.75) is 31.7 Å². The maximum atomic E-state index is 12.8. The van der Waals surface area contributed by atoms with Gasteiger partial charge in [-0.3, -0.25) is 4.79 Å². The molecule has 1 heterocycles. The molecule has 1 aromatic heterocycles. The highest BCUT2D eigenvalue weighted by Gasteiger charge is 2.28. The van der Waals surface area contributed by atoms with Crippen LogP contribution in [0.3, 0.4) is 0 Å². The fraction of sp³-hybridized carbons (Fsp3) is 0.200. The first-order valence-electron chi connectivity index (χ1n) is 10.9. The monoisotopic (exact) mass is 511 g/mol. The smallest absolute Gasteiger partial charge is 0.323 e. The van der Waals surface area contributed by atoms with Crippen LogP contribution in [0.25, 0.3) is 20.2 Å². The van der Waals surface area contributed by atoms with Gasteiger partial charge < -0.3 is 15.7 Å². The van der Waals surface area contributed by atoms with Gasteiger partial charge in [-0.05, 0) is 49.2 Å². The summed E-state index contributed by atoms with van der Waals surface area (Å²) in [5, 5.41) is 16.7. The van der Waals surface area contributed by atoms with Crippen LogP contribution in [0.1, 0.15) is 19.4 Å². The highest BCUT2D eigenvalue weighted by Crippen LogP contribution is 2.36. The van der Waals surface area contributed by atoms with Crippen molar-refractivity contribution in [3.63, 3.8) is 0 Å². The third-order valence-corrected chi connectivity index (χ3v) is 8.09. The van der Waals surface area contributed by atoms with Crippen LogP contribution in [0.15, 0.2) is 65.6 Å². The third kappa shape index (κ3) is 5.45. The van der Waals surface area contributed by atoms with E-state index in [1.54, 1.807) is 32.0 Å². The van der Waals surface area contributed by atoms with Crippen molar-refractivity contribution in [3.8, 4) is 0 Å². The number of anilines is 2. The molecule has 0 saturated carbocycles. The average Bonchev–Trinajstić information content (AvgIpc) is 3.15. The number of thiophene rings is 1. The highest BCUT2D eigenvalue weighted by molar-refractivity contribution is 7.89. The van der Waals surface area contributed by atoms with Gasteiger partial charge in [-0.1, -0.05) is 43.7 Å². The lowest BCUT2D eigenvalue weighted by atomic mass is 10.1. The number of rotatable bonds is 7. The van der Waals surface area contributed by atoms with Crippen molar-refractivity contribution in [1.82, 2.24) is 4.72 Å². The minimum atomic E-state index is -4.02. The molecule has 4 N–H and O–H groups in total. The molecule has 0 unspecified atom stereocenters. The zero-order valence-electron chi connectivity index (χ0n) is 19.3. The summed E-state index contributed by atoms with van der Waals surface area (Å²) in [5.74, 6) is -1.64. The van der Waals surface area contributed by atoms with Crippen LogP contribution >= 0.6 is 11.3 Å². The lowest BCUT2D eigenvalue weighted by Gasteiger charge is -2.18. The van der Waals surface area contributed by atoms with Crippen LogP contribution < -0.4 is 15.4 Å². The number of amides is 2. The van der Waals surface area contributed by atoms with E-state index in [2.05, 4.69) is 15.4 Å². The summed E-state index contributed by atoms with van der Waals surface area (Å²) in [6.45, 7) is 5.25. The Morgan fingerprint density at radius 2 is 1.43 bits per heavy atom. The van der Waals surface area contributed by atoms with Gasteiger partial charge in [0.05, 0.1) is 4.90 Å². The summed E-state index contributed by atoms with van der Waals surface area (Å²) in [7, 11) is -4.02. The third-order valence-electron chi connectivity index (χ3n) is 5.54. The molecule has 1 atom stereocenters. The number of aliphatic carboxylic acids is 1. The Morgan fingerprint density at radius 1 is 0.857 bits per heavy atom. The Morgan fingerprint density at radius 3 is 2.06 bits per heavy atom. The first-order chi connectivity index (χ1) is 16.5. The number of hydrogen-bond acceptors (Lipinski definition) is 5. The number of urea groups is 1. The number of carbonyl (C=O) groups is 2. The summed E-state index contributed by atoms with van der Waals surface area (Å²) in [6, 6.07) is 16.1. The highest BCUT2D eigenvalue weighted by atomic mass is 32.2. The molecule has 35 heavy (non-hydrogen) atoms. The number of benzene rings is 3. The van der Waals surface area contributed by atoms with Crippen molar-refractivity contribution in [2.75, 3.05) is 10.6 Å². The fourth-order valence-corrected chi connectivity index (χ4v) is 6.26. The predicted molar refractivity (Wildman–Crippen MR) is 140 cm³/mol. The number of sulfonamides is 1. The maximum absolute atomic E-state index is 12.8. The van der Waals surface area contributed by atoms with Gasteiger partial charge in [-0.2, -0.15) is 4.72 Å². The Labute approximate surface area is 207 Å². The summed E-state index contributed by atoms with van der Waals surface area (Å²) < 4.78 is 29.6. The first kappa shape index (κ1) is 24.6. The van der Waals surface area contributed by atoms with Gasteiger partial charge in [0.25, 0.3) is 0 Å². The summed E-state index contributed by atoms with van der Waals surface area (Å²) in [6.07, 6.45) is 0. The van der Waals surface area contributed by atoms with E-state index in [0.717, 1.165) is 25.7 Å². The maximum Gasteiger partial charge on any atom is 0.323 e. The second-order valence-electron chi connectivity index (χ2n) is 8.60.